The lowest BCUT2D eigenvalue weighted by molar-refractivity contribution is 0.422. The second-order valence-corrected chi connectivity index (χ2v) is 7.62. The molecule has 4 rings (SSSR count). The van der Waals surface area contributed by atoms with Gasteiger partial charge in [0, 0.05) is 16.5 Å². The Morgan fingerprint density at radius 1 is 1.00 bits per heavy atom. The van der Waals surface area contributed by atoms with Crippen molar-refractivity contribution in [1.29, 1.82) is 0 Å². The van der Waals surface area contributed by atoms with Gasteiger partial charge in [-0.25, -0.2) is 13.8 Å². The zero-order valence-electron chi connectivity index (χ0n) is 14.0. The van der Waals surface area contributed by atoms with E-state index in [4.69, 9.17) is 4.98 Å². The molecule has 0 N–H and O–H groups in total. The number of benzene rings is 2. The number of hydrogen-bond donors (Lipinski definition) is 0. The van der Waals surface area contributed by atoms with Crippen LogP contribution in [-0.2, 0) is 0 Å². The number of rotatable bonds is 2. The van der Waals surface area contributed by atoms with Crippen LogP contribution in [0, 0.1) is 11.6 Å². The fourth-order valence-electron chi connectivity index (χ4n) is 3.68. The number of nitrogens with zero attached hydrogens (tertiary/aromatic N) is 2. The van der Waals surface area contributed by atoms with E-state index in [1.165, 1.54) is 17.1 Å². The van der Waals surface area contributed by atoms with Gasteiger partial charge in [0.2, 0.25) is 0 Å². The lowest BCUT2D eigenvalue weighted by Crippen LogP contribution is -2.26. The highest BCUT2D eigenvalue weighted by atomic mass is 79.9. The number of fused-ring (bicyclic) bond motifs is 1. The molecule has 0 atom stereocenters. The molecule has 3 nitrogen and oxygen atoms in total. The molecular formula is C20H17BrF2N2O. The summed E-state index contributed by atoms with van der Waals surface area (Å²) in [5.41, 5.74) is 0.671. The van der Waals surface area contributed by atoms with Gasteiger partial charge in [-0.3, -0.25) is 9.36 Å². The van der Waals surface area contributed by atoms with Gasteiger partial charge in [0.15, 0.2) is 11.6 Å². The van der Waals surface area contributed by atoms with E-state index in [1.807, 2.05) is 12.1 Å². The molecule has 0 saturated heterocycles. The quantitative estimate of drug-likeness (QED) is 0.552. The van der Waals surface area contributed by atoms with Gasteiger partial charge >= 0.3 is 0 Å². The number of halogens is 3. The summed E-state index contributed by atoms with van der Waals surface area (Å²) in [5.74, 6) is -1.14. The largest absolute Gasteiger partial charge is 0.268 e. The predicted octanol–water partition coefficient (Wildman–Crippen LogP) is 5.47. The van der Waals surface area contributed by atoms with E-state index in [1.54, 1.807) is 6.07 Å². The summed E-state index contributed by atoms with van der Waals surface area (Å²) in [5, 5.41) is 0.448. The second kappa shape index (κ2) is 6.91. The summed E-state index contributed by atoms with van der Waals surface area (Å²) in [6.45, 7) is 0. The average Bonchev–Trinajstić information content (AvgIpc) is 2.65. The summed E-state index contributed by atoms with van der Waals surface area (Å²) < 4.78 is 29.4. The molecule has 1 heterocycles. The molecule has 1 aromatic heterocycles. The predicted molar refractivity (Wildman–Crippen MR) is 101 cm³/mol. The summed E-state index contributed by atoms with van der Waals surface area (Å²) >= 11 is 3.38. The molecule has 26 heavy (non-hydrogen) atoms. The van der Waals surface area contributed by atoms with Crippen molar-refractivity contribution in [2.45, 2.75) is 38.0 Å². The van der Waals surface area contributed by atoms with Gasteiger partial charge in [-0.15, -0.1) is 0 Å². The van der Waals surface area contributed by atoms with Crippen LogP contribution in [0.2, 0.25) is 0 Å². The van der Waals surface area contributed by atoms with E-state index in [9.17, 15) is 13.6 Å². The van der Waals surface area contributed by atoms with E-state index in [-0.39, 0.29) is 11.5 Å². The normalized spacial score (nSPS) is 15.5. The van der Waals surface area contributed by atoms with Crippen LogP contribution in [0.5, 0.6) is 0 Å². The molecule has 1 aliphatic rings. The van der Waals surface area contributed by atoms with Crippen LogP contribution in [0.25, 0.3) is 16.6 Å². The Bertz CT molecular complexity index is 1040. The van der Waals surface area contributed by atoms with Crippen molar-refractivity contribution in [3.63, 3.8) is 0 Å². The molecule has 0 unspecified atom stereocenters. The van der Waals surface area contributed by atoms with Crippen LogP contribution in [0.1, 0.15) is 43.8 Å². The SMILES string of the molecule is O=c1c2cc(Br)ccc2nc(C2CCCCC2)n1-c1ccc(F)c(F)c1. The molecule has 0 aliphatic heterocycles. The fourth-order valence-corrected chi connectivity index (χ4v) is 4.04. The highest BCUT2D eigenvalue weighted by Gasteiger charge is 2.23. The highest BCUT2D eigenvalue weighted by Crippen LogP contribution is 2.33. The molecule has 134 valence electrons. The first kappa shape index (κ1) is 17.3. The van der Waals surface area contributed by atoms with Crippen LogP contribution in [0.15, 0.2) is 45.7 Å². The third-order valence-corrected chi connectivity index (χ3v) is 5.48. The minimum atomic E-state index is -0.974. The average molecular weight is 419 g/mol. The molecule has 1 saturated carbocycles. The van der Waals surface area contributed by atoms with Gasteiger partial charge in [-0.2, -0.15) is 0 Å². The highest BCUT2D eigenvalue weighted by molar-refractivity contribution is 9.10. The lowest BCUT2D eigenvalue weighted by atomic mass is 9.88. The second-order valence-electron chi connectivity index (χ2n) is 6.71. The molecule has 0 spiro atoms. The molecule has 1 fully saturated rings. The first-order valence-electron chi connectivity index (χ1n) is 8.72. The Morgan fingerprint density at radius 3 is 2.50 bits per heavy atom. The van der Waals surface area contributed by atoms with E-state index >= 15 is 0 Å². The van der Waals surface area contributed by atoms with Gasteiger partial charge < -0.3 is 0 Å². The molecule has 0 amide bonds. The summed E-state index contributed by atoms with van der Waals surface area (Å²) in [6.07, 6.45) is 5.22. The van der Waals surface area contributed by atoms with Crippen LogP contribution in [0.4, 0.5) is 8.78 Å². The van der Waals surface area contributed by atoms with Crippen molar-refractivity contribution in [3.05, 3.63) is 68.7 Å². The van der Waals surface area contributed by atoms with Crippen LogP contribution >= 0.6 is 15.9 Å². The maximum Gasteiger partial charge on any atom is 0.266 e. The minimum absolute atomic E-state index is 0.137. The van der Waals surface area contributed by atoms with E-state index < -0.39 is 11.6 Å². The van der Waals surface area contributed by atoms with Crippen molar-refractivity contribution in [1.82, 2.24) is 9.55 Å². The Morgan fingerprint density at radius 2 is 1.77 bits per heavy atom. The standard InChI is InChI=1S/C20H17BrF2N2O/c21-13-6-9-18-15(10-13)20(26)25(14-7-8-16(22)17(23)11-14)19(24-18)12-4-2-1-3-5-12/h6-12H,1-5H2. The monoisotopic (exact) mass is 418 g/mol. The minimum Gasteiger partial charge on any atom is -0.268 e. The maximum absolute atomic E-state index is 13.8. The van der Waals surface area contributed by atoms with Crippen LogP contribution < -0.4 is 5.56 Å². The molecular weight excluding hydrogens is 402 g/mol. The fraction of sp³-hybridized carbons (Fsp3) is 0.300. The smallest absolute Gasteiger partial charge is 0.266 e. The van der Waals surface area contributed by atoms with Gasteiger partial charge in [0.05, 0.1) is 16.6 Å². The first-order chi connectivity index (χ1) is 12.5. The van der Waals surface area contributed by atoms with Crippen LogP contribution in [0.3, 0.4) is 0 Å². The molecule has 1 aliphatic carbocycles. The zero-order chi connectivity index (χ0) is 18.3. The maximum atomic E-state index is 13.8. The van der Waals surface area contributed by atoms with Gasteiger partial charge in [-0.05, 0) is 43.2 Å². The molecule has 2 aromatic carbocycles. The Balaban J connectivity index is 2.02. The molecule has 6 heteroatoms. The van der Waals surface area contributed by atoms with Crippen molar-refractivity contribution in [2.75, 3.05) is 0 Å². The molecule has 0 radical (unpaired) electrons. The zero-order valence-corrected chi connectivity index (χ0v) is 15.6. The van der Waals surface area contributed by atoms with E-state index in [0.29, 0.717) is 22.4 Å². The van der Waals surface area contributed by atoms with Gasteiger partial charge in [-0.1, -0.05) is 35.2 Å². The summed E-state index contributed by atoms with van der Waals surface area (Å²) in [7, 11) is 0. The van der Waals surface area contributed by atoms with Crippen molar-refractivity contribution < 1.29 is 8.78 Å². The van der Waals surface area contributed by atoms with Crippen molar-refractivity contribution in [3.8, 4) is 5.69 Å². The third-order valence-electron chi connectivity index (χ3n) is 4.99. The molecule has 0 bridgehead atoms. The first-order valence-corrected chi connectivity index (χ1v) is 9.51. The van der Waals surface area contributed by atoms with Gasteiger partial charge in [0.25, 0.3) is 5.56 Å². The number of aromatic nitrogens is 2. The third kappa shape index (κ3) is 3.07. The summed E-state index contributed by atoms with van der Waals surface area (Å²) in [6, 6.07) is 8.91. The van der Waals surface area contributed by atoms with E-state index in [2.05, 4.69) is 15.9 Å². The molecule has 3 aromatic rings. The van der Waals surface area contributed by atoms with Crippen molar-refractivity contribution >= 4 is 26.8 Å². The lowest BCUT2D eigenvalue weighted by Gasteiger charge is -2.24. The Kier molecular flexibility index (Phi) is 4.61. The van der Waals surface area contributed by atoms with Crippen LogP contribution in [-0.4, -0.2) is 9.55 Å². The topological polar surface area (TPSA) is 34.9 Å². The van der Waals surface area contributed by atoms with Crippen molar-refractivity contribution in [2.24, 2.45) is 0 Å². The Labute approximate surface area is 157 Å². The number of hydrogen-bond acceptors (Lipinski definition) is 2. The Hall–Kier alpha value is -2.08. The van der Waals surface area contributed by atoms with E-state index in [0.717, 1.165) is 42.3 Å². The van der Waals surface area contributed by atoms with Gasteiger partial charge in [0.1, 0.15) is 5.82 Å². The summed E-state index contributed by atoms with van der Waals surface area (Å²) in [4.78, 5) is 18.0.